The van der Waals surface area contributed by atoms with Gasteiger partial charge in [-0.3, -0.25) is 4.99 Å². The highest BCUT2D eigenvalue weighted by Gasteiger charge is 1.96. The molecule has 0 fully saturated rings. The highest BCUT2D eigenvalue weighted by Crippen LogP contribution is 2.00. The second kappa shape index (κ2) is 6.40. The van der Waals surface area contributed by atoms with Crippen molar-refractivity contribution in [1.82, 2.24) is 10.3 Å². The third-order valence-corrected chi connectivity index (χ3v) is 2.43. The maximum Gasteiger partial charge on any atom is 0.188 e. The molecule has 0 aliphatic heterocycles. The lowest BCUT2D eigenvalue weighted by Crippen LogP contribution is -2.33. The standard InChI is InChI=1S/C10H18N4S/c1-8(2)5-13-10(11)12-4-3-9-6-15-7-14-9/h6-8H,3-5H2,1-2H3,(H3,11,12,13). The zero-order chi connectivity index (χ0) is 11.1. The fourth-order valence-corrected chi connectivity index (χ4v) is 1.61. The SMILES string of the molecule is CC(C)CN=C(N)NCCc1cscn1. The number of hydrogen-bond donors (Lipinski definition) is 2. The van der Waals surface area contributed by atoms with Crippen LogP contribution in [-0.2, 0) is 6.42 Å². The molecule has 1 aromatic rings. The summed E-state index contributed by atoms with van der Waals surface area (Å²) in [7, 11) is 0. The number of nitrogens with zero attached hydrogens (tertiary/aromatic N) is 2. The summed E-state index contributed by atoms with van der Waals surface area (Å²) < 4.78 is 0. The number of rotatable bonds is 5. The first-order chi connectivity index (χ1) is 7.18. The van der Waals surface area contributed by atoms with E-state index in [1.54, 1.807) is 11.3 Å². The lowest BCUT2D eigenvalue weighted by atomic mass is 10.2. The van der Waals surface area contributed by atoms with Crippen molar-refractivity contribution >= 4 is 17.3 Å². The van der Waals surface area contributed by atoms with Gasteiger partial charge in [0, 0.05) is 24.9 Å². The molecular formula is C10H18N4S. The topological polar surface area (TPSA) is 63.3 Å². The fourth-order valence-electron chi connectivity index (χ4n) is 1.02. The van der Waals surface area contributed by atoms with Crippen molar-refractivity contribution in [2.75, 3.05) is 13.1 Å². The molecule has 0 unspecified atom stereocenters. The summed E-state index contributed by atoms with van der Waals surface area (Å²) in [6.45, 7) is 5.80. The van der Waals surface area contributed by atoms with Gasteiger partial charge in [0.1, 0.15) is 0 Å². The second-order valence-corrected chi connectivity index (χ2v) is 4.50. The van der Waals surface area contributed by atoms with E-state index in [1.165, 1.54) is 0 Å². The lowest BCUT2D eigenvalue weighted by molar-refractivity contribution is 0.661. The Hall–Kier alpha value is -1.10. The van der Waals surface area contributed by atoms with Crippen LogP contribution >= 0.6 is 11.3 Å². The summed E-state index contributed by atoms with van der Waals surface area (Å²) in [5.74, 6) is 1.07. The first-order valence-corrected chi connectivity index (χ1v) is 6.03. The molecule has 1 rings (SSSR count). The monoisotopic (exact) mass is 226 g/mol. The van der Waals surface area contributed by atoms with Crippen LogP contribution < -0.4 is 11.1 Å². The van der Waals surface area contributed by atoms with Gasteiger partial charge >= 0.3 is 0 Å². The van der Waals surface area contributed by atoms with Crippen LogP contribution in [-0.4, -0.2) is 24.0 Å². The number of thiazole rings is 1. The molecule has 15 heavy (non-hydrogen) atoms. The Morgan fingerprint density at radius 2 is 2.47 bits per heavy atom. The number of hydrogen-bond acceptors (Lipinski definition) is 3. The number of aliphatic imine (C=N–C) groups is 1. The molecule has 84 valence electrons. The van der Waals surface area contributed by atoms with Gasteiger partial charge in [0.15, 0.2) is 5.96 Å². The van der Waals surface area contributed by atoms with E-state index in [0.717, 1.165) is 25.2 Å². The van der Waals surface area contributed by atoms with Gasteiger partial charge in [-0.1, -0.05) is 13.8 Å². The normalized spacial score (nSPS) is 12.1. The minimum Gasteiger partial charge on any atom is -0.370 e. The third kappa shape index (κ3) is 5.37. The van der Waals surface area contributed by atoms with Crippen LogP contribution in [0.3, 0.4) is 0 Å². The first-order valence-electron chi connectivity index (χ1n) is 5.09. The zero-order valence-electron chi connectivity index (χ0n) is 9.23. The zero-order valence-corrected chi connectivity index (χ0v) is 10.0. The van der Waals surface area contributed by atoms with Gasteiger partial charge in [-0.25, -0.2) is 4.98 Å². The second-order valence-electron chi connectivity index (χ2n) is 3.78. The average molecular weight is 226 g/mol. The van der Waals surface area contributed by atoms with E-state index in [0.29, 0.717) is 11.9 Å². The Morgan fingerprint density at radius 3 is 3.07 bits per heavy atom. The van der Waals surface area contributed by atoms with Gasteiger partial charge in [-0.2, -0.15) is 0 Å². The molecule has 0 radical (unpaired) electrons. The molecule has 1 heterocycles. The molecule has 1 aromatic heterocycles. The van der Waals surface area contributed by atoms with Crippen molar-refractivity contribution in [3.05, 3.63) is 16.6 Å². The molecule has 0 aromatic carbocycles. The molecule has 0 bridgehead atoms. The van der Waals surface area contributed by atoms with Gasteiger partial charge in [0.2, 0.25) is 0 Å². The molecular weight excluding hydrogens is 208 g/mol. The molecule has 0 aliphatic rings. The molecule has 0 amide bonds. The molecule has 0 saturated heterocycles. The fraction of sp³-hybridized carbons (Fsp3) is 0.600. The van der Waals surface area contributed by atoms with Crippen molar-refractivity contribution in [3.8, 4) is 0 Å². The van der Waals surface area contributed by atoms with Crippen LogP contribution in [0, 0.1) is 5.92 Å². The van der Waals surface area contributed by atoms with E-state index in [9.17, 15) is 0 Å². The van der Waals surface area contributed by atoms with Crippen molar-refractivity contribution in [3.63, 3.8) is 0 Å². The molecule has 0 spiro atoms. The Balaban J connectivity index is 2.17. The molecule has 5 heteroatoms. The van der Waals surface area contributed by atoms with Gasteiger partial charge in [-0.15, -0.1) is 11.3 Å². The Morgan fingerprint density at radius 1 is 1.67 bits per heavy atom. The average Bonchev–Trinajstić information content (AvgIpc) is 2.67. The number of aromatic nitrogens is 1. The molecule has 0 atom stereocenters. The van der Waals surface area contributed by atoms with E-state index >= 15 is 0 Å². The molecule has 0 aliphatic carbocycles. The highest BCUT2D eigenvalue weighted by atomic mass is 32.1. The van der Waals surface area contributed by atoms with Crippen LogP contribution in [0.15, 0.2) is 15.9 Å². The van der Waals surface area contributed by atoms with Crippen LogP contribution in [0.25, 0.3) is 0 Å². The van der Waals surface area contributed by atoms with Gasteiger partial charge in [0.25, 0.3) is 0 Å². The Labute approximate surface area is 94.6 Å². The summed E-state index contributed by atoms with van der Waals surface area (Å²) in [5.41, 5.74) is 8.62. The van der Waals surface area contributed by atoms with Crippen LogP contribution in [0.2, 0.25) is 0 Å². The largest absolute Gasteiger partial charge is 0.370 e. The van der Waals surface area contributed by atoms with E-state index in [-0.39, 0.29) is 0 Å². The maximum absolute atomic E-state index is 5.68. The van der Waals surface area contributed by atoms with E-state index in [1.807, 2.05) is 10.9 Å². The minimum atomic E-state index is 0.527. The highest BCUT2D eigenvalue weighted by molar-refractivity contribution is 7.07. The summed E-state index contributed by atoms with van der Waals surface area (Å²) >= 11 is 1.61. The quantitative estimate of drug-likeness (QED) is 0.586. The number of nitrogens with two attached hydrogens (primary N) is 1. The summed E-state index contributed by atoms with van der Waals surface area (Å²) in [6, 6.07) is 0. The maximum atomic E-state index is 5.68. The predicted octanol–water partition coefficient (Wildman–Crippen LogP) is 1.25. The van der Waals surface area contributed by atoms with Gasteiger partial charge < -0.3 is 11.1 Å². The summed E-state index contributed by atoms with van der Waals surface area (Å²) in [5, 5.41) is 5.11. The summed E-state index contributed by atoms with van der Waals surface area (Å²) in [6.07, 6.45) is 0.890. The van der Waals surface area contributed by atoms with Crippen molar-refractivity contribution in [2.24, 2.45) is 16.6 Å². The number of nitrogens with one attached hydrogen (secondary N) is 1. The van der Waals surface area contributed by atoms with Crippen molar-refractivity contribution < 1.29 is 0 Å². The first kappa shape index (κ1) is 12.0. The van der Waals surface area contributed by atoms with E-state index in [2.05, 4.69) is 29.1 Å². The third-order valence-electron chi connectivity index (χ3n) is 1.80. The molecule has 4 nitrogen and oxygen atoms in total. The molecule has 3 N–H and O–H groups in total. The minimum absolute atomic E-state index is 0.527. The Bertz CT molecular complexity index is 292. The van der Waals surface area contributed by atoms with Crippen LogP contribution in [0.1, 0.15) is 19.5 Å². The predicted molar refractivity (Wildman–Crippen MR) is 65.1 cm³/mol. The van der Waals surface area contributed by atoms with Crippen molar-refractivity contribution in [1.29, 1.82) is 0 Å². The van der Waals surface area contributed by atoms with E-state index < -0.39 is 0 Å². The van der Waals surface area contributed by atoms with Crippen LogP contribution in [0.5, 0.6) is 0 Å². The van der Waals surface area contributed by atoms with Crippen molar-refractivity contribution in [2.45, 2.75) is 20.3 Å². The molecule has 0 saturated carbocycles. The van der Waals surface area contributed by atoms with E-state index in [4.69, 9.17) is 5.73 Å². The smallest absolute Gasteiger partial charge is 0.188 e. The Kier molecular flexibility index (Phi) is 5.10. The number of guanidine groups is 1. The van der Waals surface area contributed by atoms with Gasteiger partial charge in [0.05, 0.1) is 11.2 Å². The van der Waals surface area contributed by atoms with Gasteiger partial charge in [-0.05, 0) is 5.92 Å². The summed E-state index contributed by atoms with van der Waals surface area (Å²) in [4.78, 5) is 8.39. The lowest BCUT2D eigenvalue weighted by Gasteiger charge is -2.05. The van der Waals surface area contributed by atoms with Crippen LogP contribution in [0.4, 0.5) is 0 Å².